The summed E-state index contributed by atoms with van der Waals surface area (Å²) in [6.45, 7) is 4.69. The molecule has 0 bridgehead atoms. The van der Waals surface area contributed by atoms with Crippen LogP contribution in [0.3, 0.4) is 0 Å². The van der Waals surface area contributed by atoms with Gasteiger partial charge in [0.25, 0.3) is 5.91 Å². The lowest BCUT2D eigenvalue weighted by atomic mass is 9.95. The molecule has 0 aliphatic carbocycles. The molecule has 0 unspecified atom stereocenters. The molecule has 38 heavy (non-hydrogen) atoms. The number of likely N-dealkylation sites (tertiary alicyclic amines) is 1. The number of carbonyl (C=O) groups excluding carboxylic acids is 1. The zero-order valence-electron chi connectivity index (χ0n) is 21.5. The summed E-state index contributed by atoms with van der Waals surface area (Å²) in [4.78, 5) is 15.9. The van der Waals surface area contributed by atoms with Crippen LogP contribution in [0.1, 0.15) is 35.7 Å². The molecule has 2 atom stereocenters. The largest absolute Gasteiger partial charge is 0.350 e. The molecule has 4 aromatic carbocycles. The van der Waals surface area contributed by atoms with Crippen LogP contribution >= 0.6 is 0 Å². The first-order valence-corrected chi connectivity index (χ1v) is 13.2. The minimum atomic E-state index is -0.316. The minimum Gasteiger partial charge on any atom is -0.350 e. The molecule has 194 valence electrons. The normalized spacial score (nSPS) is 17.4. The Balaban J connectivity index is 1.38. The van der Waals surface area contributed by atoms with Crippen molar-refractivity contribution in [1.29, 1.82) is 0 Å². The Morgan fingerprint density at radius 3 is 1.95 bits per heavy atom. The quantitative estimate of drug-likeness (QED) is 0.269. The summed E-state index contributed by atoms with van der Waals surface area (Å²) >= 11 is 0. The maximum absolute atomic E-state index is 13.6. The van der Waals surface area contributed by atoms with Gasteiger partial charge in [0.1, 0.15) is 11.6 Å². The molecule has 1 heterocycles. The van der Waals surface area contributed by atoms with E-state index in [0.29, 0.717) is 18.0 Å². The molecule has 5 heteroatoms. The lowest BCUT2D eigenvalue weighted by molar-refractivity contribution is 0.0940. The second kappa shape index (κ2) is 11.7. The Bertz CT molecular complexity index is 1310. The topological polar surface area (TPSA) is 32.3 Å². The molecule has 0 radical (unpaired) electrons. The summed E-state index contributed by atoms with van der Waals surface area (Å²) in [5.41, 5.74) is 5.01. The van der Waals surface area contributed by atoms with Crippen LogP contribution in [0.4, 0.5) is 8.78 Å². The Hall–Kier alpha value is -3.83. The van der Waals surface area contributed by atoms with Crippen LogP contribution in [0, 0.1) is 17.6 Å². The van der Waals surface area contributed by atoms with E-state index in [1.165, 1.54) is 29.8 Å². The van der Waals surface area contributed by atoms with E-state index in [2.05, 4.69) is 41.4 Å². The maximum Gasteiger partial charge on any atom is 0.251 e. The number of amides is 1. The second-order valence-corrected chi connectivity index (χ2v) is 10.1. The Labute approximate surface area is 223 Å². The van der Waals surface area contributed by atoms with Crippen molar-refractivity contribution in [2.75, 3.05) is 13.1 Å². The van der Waals surface area contributed by atoms with E-state index in [4.69, 9.17) is 0 Å². The van der Waals surface area contributed by atoms with Crippen LogP contribution < -0.4 is 5.32 Å². The molecule has 4 aromatic rings. The van der Waals surface area contributed by atoms with Crippen molar-refractivity contribution in [3.05, 3.63) is 120 Å². The summed E-state index contributed by atoms with van der Waals surface area (Å²) in [6, 6.07) is 28.8. The van der Waals surface area contributed by atoms with Gasteiger partial charge in [0.05, 0.1) is 0 Å². The number of nitrogens with zero attached hydrogens (tertiary/aromatic N) is 1. The molecule has 0 spiro atoms. The fourth-order valence-corrected chi connectivity index (χ4v) is 5.30. The van der Waals surface area contributed by atoms with E-state index in [9.17, 15) is 13.6 Å². The Morgan fingerprint density at radius 2 is 1.39 bits per heavy atom. The third-order valence-electron chi connectivity index (χ3n) is 7.47. The third kappa shape index (κ3) is 6.17. The fraction of sp³-hybridized carbons (Fsp3) is 0.242. The lowest BCUT2D eigenvalue weighted by Crippen LogP contribution is -2.39. The highest BCUT2D eigenvalue weighted by atomic mass is 19.1. The van der Waals surface area contributed by atoms with Gasteiger partial charge < -0.3 is 5.32 Å². The number of rotatable bonds is 8. The highest BCUT2D eigenvalue weighted by Crippen LogP contribution is 2.30. The molecular formula is C33H32F2N2O. The van der Waals surface area contributed by atoms with Crippen LogP contribution in [0.5, 0.6) is 0 Å². The first kappa shape index (κ1) is 25.8. The van der Waals surface area contributed by atoms with E-state index in [1.54, 1.807) is 24.3 Å². The average Bonchev–Trinajstić information content (AvgIpc) is 3.34. The first-order valence-electron chi connectivity index (χ1n) is 13.2. The SMILES string of the molecule is CC[C@@H]1C[C@@H](CNC(=O)c2cc(-c3ccc(F)cc3)cc(-c3ccc(F)cc3)c2)N(Cc2ccccc2)C1. The predicted molar refractivity (Wildman–Crippen MR) is 149 cm³/mol. The number of hydrogen-bond donors (Lipinski definition) is 1. The molecule has 1 amide bonds. The van der Waals surface area contributed by atoms with Gasteiger partial charge in [-0.3, -0.25) is 9.69 Å². The average molecular weight is 511 g/mol. The van der Waals surface area contributed by atoms with Gasteiger partial charge >= 0.3 is 0 Å². The van der Waals surface area contributed by atoms with Crippen LogP contribution in [0.2, 0.25) is 0 Å². The molecule has 1 fully saturated rings. The Kier molecular flexibility index (Phi) is 7.94. The van der Waals surface area contributed by atoms with Crippen molar-refractivity contribution in [1.82, 2.24) is 10.2 Å². The fourth-order valence-electron chi connectivity index (χ4n) is 5.30. The molecule has 0 aromatic heterocycles. The van der Waals surface area contributed by atoms with Gasteiger partial charge in [-0.2, -0.15) is 0 Å². The number of halogens is 2. The zero-order chi connectivity index (χ0) is 26.5. The Morgan fingerprint density at radius 1 is 0.816 bits per heavy atom. The molecule has 3 nitrogen and oxygen atoms in total. The molecule has 1 saturated heterocycles. The monoisotopic (exact) mass is 510 g/mol. The summed E-state index contributed by atoms with van der Waals surface area (Å²) in [7, 11) is 0. The molecule has 1 aliphatic heterocycles. The third-order valence-corrected chi connectivity index (χ3v) is 7.47. The summed E-state index contributed by atoms with van der Waals surface area (Å²) < 4.78 is 27.1. The number of nitrogens with one attached hydrogen (secondary N) is 1. The second-order valence-electron chi connectivity index (χ2n) is 10.1. The highest BCUT2D eigenvalue weighted by molar-refractivity contribution is 5.97. The lowest BCUT2D eigenvalue weighted by Gasteiger charge is -2.25. The van der Waals surface area contributed by atoms with Crippen LogP contribution in [-0.2, 0) is 6.54 Å². The summed E-state index contributed by atoms with van der Waals surface area (Å²) in [5.74, 6) is -0.170. The van der Waals surface area contributed by atoms with E-state index in [1.807, 2.05) is 24.3 Å². The van der Waals surface area contributed by atoms with Gasteiger partial charge in [-0.25, -0.2) is 8.78 Å². The summed E-state index contributed by atoms with van der Waals surface area (Å²) in [5, 5.41) is 3.18. The molecule has 1 aliphatic rings. The smallest absolute Gasteiger partial charge is 0.251 e. The highest BCUT2D eigenvalue weighted by Gasteiger charge is 2.31. The van der Waals surface area contributed by atoms with Gasteiger partial charge in [-0.1, -0.05) is 67.9 Å². The number of carbonyl (C=O) groups is 1. The molecule has 1 N–H and O–H groups in total. The van der Waals surface area contributed by atoms with Gasteiger partial charge in [0.2, 0.25) is 0 Å². The molecular weight excluding hydrogens is 478 g/mol. The number of hydrogen-bond acceptors (Lipinski definition) is 2. The van der Waals surface area contributed by atoms with Crippen molar-refractivity contribution in [3.8, 4) is 22.3 Å². The van der Waals surface area contributed by atoms with Crippen molar-refractivity contribution >= 4 is 5.91 Å². The predicted octanol–water partition coefficient (Wildman–Crippen LogP) is 7.33. The van der Waals surface area contributed by atoms with E-state index >= 15 is 0 Å². The van der Waals surface area contributed by atoms with Crippen LogP contribution in [0.25, 0.3) is 22.3 Å². The summed E-state index contributed by atoms with van der Waals surface area (Å²) in [6.07, 6.45) is 2.18. The molecule has 0 saturated carbocycles. The first-order chi connectivity index (χ1) is 18.5. The van der Waals surface area contributed by atoms with E-state index < -0.39 is 0 Å². The van der Waals surface area contributed by atoms with Crippen LogP contribution in [0.15, 0.2) is 97.1 Å². The van der Waals surface area contributed by atoms with Crippen LogP contribution in [-0.4, -0.2) is 29.9 Å². The van der Waals surface area contributed by atoms with E-state index in [0.717, 1.165) is 48.2 Å². The zero-order valence-corrected chi connectivity index (χ0v) is 21.5. The molecule has 5 rings (SSSR count). The number of benzene rings is 4. The maximum atomic E-state index is 13.6. The van der Waals surface area contributed by atoms with Gasteiger partial charge in [-0.05, 0) is 82.6 Å². The van der Waals surface area contributed by atoms with Crippen molar-refractivity contribution in [2.24, 2.45) is 5.92 Å². The van der Waals surface area contributed by atoms with Crippen molar-refractivity contribution < 1.29 is 13.6 Å². The van der Waals surface area contributed by atoms with Crippen molar-refractivity contribution in [3.63, 3.8) is 0 Å². The minimum absolute atomic E-state index is 0.156. The van der Waals surface area contributed by atoms with E-state index in [-0.39, 0.29) is 23.6 Å². The standard InChI is InChI=1S/C33H32F2N2O/c1-2-23-16-32(37(21-23)22-24-6-4-3-5-7-24)20-36-33(38)29-18-27(25-8-12-30(34)13-9-25)17-28(19-29)26-10-14-31(35)15-11-26/h3-15,17-19,23,32H,2,16,20-22H2,1H3,(H,36,38)/t23-,32+/m1/s1. The van der Waals surface area contributed by atoms with Crippen molar-refractivity contribution in [2.45, 2.75) is 32.4 Å². The van der Waals surface area contributed by atoms with Gasteiger partial charge in [0.15, 0.2) is 0 Å². The van der Waals surface area contributed by atoms with Gasteiger partial charge in [0, 0.05) is 31.2 Å². The van der Waals surface area contributed by atoms with Gasteiger partial charge in [-0.15, -0.1) is 0 Å².